The Labute approximate surface area is 154 Å². The average Bonchev–Trinajstić information content (AvgIpc) is 2.61. The molecule has 6 heteroatoms. The second kappa shape index (κ2) is 9.36. The summed E-state index contributed by atoms with van der Waals surface area (Å²) in [6.07, 6.45) is 1.71. The van der Waals surface area contributed by atoms with Crippen molar-refractivity contribution in [2.45, 2.75) is 46.1 Å². The molecule has 0 saturated carbocycles. The van der Waals surface area contributed by atoms with Gasteiger partial charge in [0, 0.05) is 20.0 Å². The quantitative estimate of drug-likeness (QED) is 0.790. The minimum atomic E-state index is -0.372. The summed E-state index contributed by atoms with van der Waals surface area (Å²) in [5.41, 5.74) is 2.02. The first kappa shape index (κ1) is 19.9. The zero-order valence-electron chi connectivity index (χ0n) is 15.8. The molecule has 2 atom stereocenters. The molecule has 6 nitrogen and oxygen atoms in total. The highest BCUT2D eigenvalue weighted by Gasteiger charge is 2.30. The van der Waals surface area contributed by atoms with Crippen LogP contribution < -0.4 is 5.32 Å². The highest BCUT2D eigenvalue weighted by atomic mass is 16.5. The Bertz CT molecular complexity index is 642. The number of nitrogens with one attached hydrogen (secondary N) is 1. The van der Waals surface area contributed by atoms with Gasteiger partial charge in [0.1, 0.15) is 0 Å². The van der Waals surface area contributed by atoms with Crippen LogP contribution in [0.1, 0.15) is 50.3 Å². The topological polar surface area (TPSA) is 75.7 Å². The van der Waals surface area contributed by atoms with Crippen molar-refractivity contribution in [2.75, 3.05) is 19.7 Å². The third-order valence-corrected chi connectivity index (χ3v) is 4.63. The SMILES string of the molecule is CCOC(=O)[C@H]1CCCN(C(=O)C[C@@H](NC(C)=O)c2ccc(C)cc2)C1. The first-order chi connectivity index (χ1) is 12.4. The molecule has 0 aromatic heterocycles. The van der Waals surface area contributed by atoms with Gasteiger partial charge in [-0.25, -0.2) is 0 Å². The first-order valence-electron chi connectivity index (χ1n) is 9.18. The lowest BCUT2D eigenvalue weighted by atomic mass is 9.96. The first-order valence-corrected chi connectivity index (χ1v) is 9.18. The fraction of sp³-hybridized carbons (Fsp3) is 0.550. The molecular formula is C20H28N2O4. The van der Waals surface area contributed by atoms with Crippen molar-refractivity contribution < 1.29 is 19.1 Å². The number of piperidine rings is 1. The van der Waals surface area contributed by atoms with Crippen molar-refractivity contribution in [1.82, 2.24) is 10.2 Å². The summed E-state index contributed by atoms with van der Waals surface area (Å²) in [4.78, 5) is 38.0. The number of carbonyl (C=O) groups excluding carboxylic acids is 3. The van der Waals surface area contributed by atoms with Crippen molar-refractivity contribution in [3.63, 3.8) is 0 Å². The van der Waals surface area contributed by atoms with Gasteiger partial charge in [-0.3, -0.25) is 14.4 Å². The molecule has 0 unspecified atom stereocenters. The van der Waals surface area contributed by atoms with E-state index >= 15 is 0 Å². The summed E-state index contributed by atoms with van der Waals surface area (Å²) in [6.45, 7) is 6.59. The molecule has 1 heterocycles. The molecule has 2 amide bonds. The van der Waals surface area contributed by atoms with Gasteiger partial charge in [0.2, 0.25) is 11.8 Å². The maximum Gasteiger partial charge on any atom is 0.310 e. The van der Waals surface area contributed by atoms with Gasteiger partial charge in [-0.05, 0) is 32.3 Å². The van der Waals surface area contributed by atoms with Crippen molar-refractivity contribution in [2.24, 2.45) is 5.92 Å². The summed E-state index contributed by atoms with van der Waals surface area (Å²) in [5, 5.41) is 2.86. The minimum Gasteiger partial charge on any atom is -0.466 e. The lowest BCUT2D eigenvalue weighted by Crippen LogP contribution is -2.44. The van der Waals surface area contributed by atoms with Gasteiger partial charge in [-0.1, -0.05) is 29.8 Å². The molecule has 1 aliphatic rings. The normalized spacial score (nSPS) is 18.1. The van der Waals surface area contributed by atoms with Gasteiger partial charge in [0.25, 0.3) is 0 Å². The van der Waals surface area contributed by atoms with E-state index < -0.39 is 0 Å². The number of nitrogens with zero attached hydrogens (tertiary/aromatic N) is 1. The zero-order valence-corrected chi connectivity index (χ0v) is 15.8. The van der Waals surface area contributed by atoms with Crippen LogP contribution in [0.15, 0.2) is 24.3 Å². The molecule has 26 heavy (non-hydrogen) atoms. The van der Waals surface area contributed by atoms with Gasteiger partial charge in [-0.15, -0.1) is 0 Å². The summed E-state index contributed by atoms with van der Waals surface area (Å²) in [5.74, 6) is -0.724. The molecule has 1 aromatic carbocycles. The number of hydrogen-bond acceptors (Lipinski definition) is 4. The molecule has 2 rings (SSSR count). The van der Waals surface area contributed by atoms with Crippen molar-refractivity contribution in [3.8, 4) is 0 Å². The van der Waals surface area contributed by atoms with E-state index in [1.54, 1.807) is 11.8 Å². The van der Waals surface area contributed by atoms with Crippen LogP contribution in [-0.4, -0.2) is 42.4 Å². The molecule has 0 radical (unpaired) electrons. The van der Waals surface area contributed by atoms with E-state index in [1.807, 2.05) is 31.2 Å². The molecule has 0 bridgehead atoms. The van der Waals surface area contributed by atoms with Gasteiger partial charge in [0.15, 0.2) is 0 Å². The monoisotopic (exact) mass is 360 g/mol. The Hall–Kier alpha value is -2.37. The molecular weight excluding hydrogens is 332 g/mol. The van der Waals surface area contributed by atoms with E-state index in [9.17, 15) is 14.4 Å². The number of rotatable bonds is 6. The lowest BCUT2D eigenvalue weighted by molar-refractivity contribution is -0.151. The number of ether oxygens (including phenoxy) is 1. The van der Waals surface area contributed by atoms with Crippen LogP contribution in [-0.2, 0) is 19.1 Å². The van der Waals surface area contributed by atoms with Crippen LogP contribution in [0.4, 0.5) is 0 Å². The highest BCUT2D eigenvalue weighted by Crippen LogP contribution is 2.23. The van der Waals surface area contributed by atoms with Crippen LogP contribution >= 0.6 is 0 Å². The van der Waals surface area contributed by atoms with Gasteiger partial charge in [0.05, 0.1) is 25.0 Å². The predicted molar refractivity (Wildman–Crippen MR) is 98.3 cm³/mol. The molecule has 1 aromatic rings. The molecule has 1 aliphatic heterocycles. The van der Waals surface area contributed by atoms with E-state index in [0.29, 0.717) is 19.7 Å². The van der Waals surface area contributed by atoms with Crippen molar-refractivity contribution in [1.29, 1.82) is 0 Å². The number of aryl methyl sites for hydroxylation is 1. The molecule has 0 aliphatic carbocycles. The number of hydrogen-bond donors (Lipinski definition) is 1. The Balaban J connectivity index is 2.04. The van der Waals surface area contributed by atoms with Gasteiger partial charge >= 0.3 is 5.97 Å². The van der Waals surface area contributed by atoms with E-state index in [-0.39, 0.29) is 36.2 Å². The molecule has 1 saturated heterocycles. The average molecular weight is 360 g/mol. The van der Waals surface area contributed by atoms with Gasteiger partial charge in [-0.2, -0.15) is 0 Å². The second-order valence-electron chi connectivity index (χ2n) is 6.80. The second-order valence-corrected chi connectivity index (χ2v) is 6.80. The van der Waals surface area contributed by atoms with Crippen LogP contribution in [0.25, 0.3) is 0 Å². The summed E-state index contributed by atoms with van der Waals surface area (Å²) in [6, 6.07) is 7.42. The lowest BCUT2D eigenvalue weighted by Gasteiger charge is -2.32. The third-order valence-electron chi connectivity index (χ3n) is 4.63. The molecule has 142 valence electrons. The van der Waals surface area contributed by atoms with E-state index in [0.717, 1.165) is 24.0 Å². The van der Waals surface area contributed by atoms with Crippen LogP contribution in [0.2, 0.25) is 0 Å². The smallest absolute Gasteiger partial charge is 0.310 e. The van der Waals surface area contributed by atoms with Crippen molar-refractivity contribution in [3.05, 3.63) is 35.4 Å². The fourth-order valence-electron chi connectivity index (χ4n) is 3.26. The summed E-state index contributed by atoms with van der Waals surface area (Å²) in [7, 11) is 0. The highest BCUT2D eigenvalue weighted by molar-refractivity contribution is 5.80. The van der Waals surface area contributed by atoms with Crippen LogP contribution in [0.5, 0.6) is 0 Å². The Morgan fingerprint density at radius 3 is 2.58 bits per heavy atom. The summed E-state index contributed by atoms with van der Waals surface area (Å²) >= 11 is 0. The van der Waals surface area contributed by atoms with Gasteiger partial charge < -0.3 is 15.0 Å². The molecule has 1 fully saturated rings. The predicted octanol–water partition coefficient (Wildman–Crippen LogP) is 2.36. The van der Waals surface area contributed by atoms with Crippen molar-refractivity contribution >= 4 is 17.8 Å². The number of amides is 2. The zero-order chi connectivity index (χ0) is 19.1. The third kappa shape index (κ3) is 5.58. The molecule has 0 spiro atoms. The van der Waals surface area contributed by atoms with E-state index in [4.69, 9.17) is 4.74 Å². The van der Waals surface area contributed by atoms with E-state index in [1.165, 1.54) is 6.92 Å². The Morgan fingerprint density at radius 2 is 1.96 bits per heavy atom. The van der Waals surface area contributed by atoms with Crippen LogP contribution in [0.3, 0.4) is 0 Å². The number of esters is 1. The maximum absolute atomic E-state index is 12.8. The minimum absolute atomic E-state index is 0.0571. The number of benzene rings is 1. The molecule has 1 N–H and O–H groups in total. The summed E-state index contributed by atoms with van der Waals surface area (Å²) < 4.78 is 5.09. The van der Waals surface area contributed by atoms with E-state index in [2.05, 4.69) is 5.32 Å². The fourth-order valence-corrected chi connectivity index (χ4v) is 3.26. The number of carbonyl (C=O) groups is 3. The largest absolute Gasteiger partial charge is 0.466 e. The Kier molecular flexibility index (Phi) is 7.18. The standard InChI is InChI=1S/C20H28N2O4/c1-4-26-20(25)17-6-5-11-22(13-17)19(24)12-18(21-15(3)23)16-9-7-14(2)8-10-16/h7-10,17-18H,4-6,11-13H2,1-3H3,(H,21,23)/t17-,18+/m0/s1. The maximum atomic E-state index is 12.8. The Morgan fingerprint density at radius 1 is 1.27 bits per heavy atom. The van der Waals surface area contributed by atoms with Crippen LogP contribution in [0, 0.1) is 12.8 Å². The number of likely N-dealkylation sites (tertiary alicyclic amines) is 1.